The largest absolute Gasteiger partial charge is 0.497 e. The van der Waals surface area contributed by atoms with E-state index in [1.54, 1.807) is 12.0 Å². The van der Waals surface area contributed by atoms with Gasteiger partial charge in [0.25, 0.3) is 0 Å². The topological polar surface area (TPSA) is 73.9 Å². The molecule has 7 heteroatoms. The van der Waals surface area contributed by atoms with Gasteiger partial charge in [-0.05, 0) is 35.7 Å². The molecule has 3 amide bonds. The van der Waals surface area contributed by atoms with E-state index >= 15 is 0 Å². The Morgan fingerprint density at radius 2 is 1.55 bits per heavy atom. The minimum absolute atomic E-state index is 0.0577. The summed E-state index contributed by atoms with van der Waals surface area (Å²) in [6.45, 7) is 6.67. The van der Waals surface area contributed by atoms with Crippen LogP contribution in [0.3, 0.4) is 0 Å². The Bertz CT molecular complexity index is 847. The molecule has 0 saturated carbocycles. The second-order valence-corrected chi connectivity index (χ2v) is 8.04. The molecule has 0 radical (unpaired) electrons. The van der Waals surface area contributed by atoms with E-state index in [1.165, 1.54) is 0 Å². The predicted molar refractivity (Wildman–Crippen MR) is 122 cm³/mol. The van der Waals surface area contributed by atoms with Crippen molar-refractivity contribution in [1.29, 1.82) is 0 Å². The van der Waals surface area contributed by atoms with Crippen LogP contribution in [0.25, 0.3) is 0 Å². The number of nitrogens with one attached hydrogen (secondary N) is 2. The molecule has 1 aliphatic heterocycles. The first-order valence-electron chi connectivity index (χ1n) is 10.7. The second-order valence-electron chi connectivity index (χ2n) is 8.04. The fourth-order valence-corrected chi connectivity index (χ4v) is 3.74. The van der Waals surface area contributed by atoms with Crippen LogP contribution in [0.2, 0.25) is 0 Å². The van der Waals surface area contributed by atoms with E-state index in [2.05, 4.69) is 24.5 Å². The third-order valence-electron chi connectivity index (χ3n) is 5.56. The molecule has 2 N–H and O–H groups in total. The van der Waals surface area contributed by atoms with E-state index in [0.717, 1.165) is 17.0 Å². The molecule has 2 aromatic rings. The number of hydrogen-bond donors (Lipinski definition) is 2. The fourth-order valence-electron chi connectivity index (χ4n) is 3.74. The Morgan fingerprint density at radius 3 is 2.13 bits per heavy atom. The Hall–Kier alpha value is -3.06. The fraction of sp³-hybridized carbons (Fsp3) is 0.417. The van der Waals surface area contributed by atoms with Crippen LogP contribution in [0.15, 0.2) is 54.6 Å². The Kier molecular flexibility index (Phi) is 7.89. The molecule has 0 bridgehead atoms. The highest BCUT2D eigenvalue weighted by molar-refractivity contribution is 5.89. The van der Waals surface area contributed by atoms with Gasteiger partial charge in [-0.1, -0.05) is 44.2 Å². The molecule has 1 fully saturated rings. The van der Waals surface area contributed by atoms with Crippen molar-refractivity contribution in [3.8, 4) is 5.75 Å². The van der Waals surface area contributed by atoms with Crippen molar-refractivity contribution in [1.82, 2.24) is 15.1 Å². The average Bonchev–Trinajstić information content (AvgIpc) is 2.80. The van der Waals surface area contributed by atoms with Crippen LogP contribution < -0.4 is 15.4 Å². The van der Waals surface area contributed by atoms with Crippen molar-refractivity contribution < 1.29 is 14.3 Å². The molecule has 31 heavy (non-hydrogen) atoms. The van der Waals surface area contributed by atoms with Crippen molar-refractivity contribution in [2.75, 3.05) is 45.2 Å². The Balaban J connectivity index is 1.47. The number of ether oxygens (including phenoxy) is 1. The lowest BCUT2D eigenvalue weighted by molar-refractivity contribution is -0.131. The predicted octanol–water partition coefficient (Wildman–Crippen LogP) is 3.36. The van der Waals surface area contributed by atoms with Crippen LogP contribution in [-0.4, -0.2) is 61.6 Å². The standard InChI is InChI=1S/C24H32N4O3/c1-18(2)23(19-9-11-21(31-3)12-10-19)25-17-22(29)27-13-15-28(16-14-27)24(30)26-20-7-5-4-6-8-20/h4-12,18,23,25H,13-17H2,1-3H3,(H,26,30). The summed E-state index contributed by atoms with van der Waals surface area (Å²) in [4.78, 5) is 28.7. The third kappa shape index (κ3) is 6.21. The highest BCUT2D eigenvalue weighted by Crippen LogP contribution is 2.23. The maximum atomic E-state index is 12.7. The van der Waals surface area contributed by atoms with Gasteiger partial charge in [-0.25, -0.2) is 4.79 Å². The van der Waals surface area contributed by atoms with Gasteiger partial charge in [0.1, 0.15) is 5.75 Å². The van der Waals surface area contributed by atoms with Gasteiger partial charge < -0.3 is 25.2 Å². The zero-order chi connectivity index (χ0) is 22.2. The van der Waals surface area contributed by atoms with Gasteiger partial charge in [-0.2, -0.15) is 0 Å². The molecular formula is C24H32N4O3. The SMILES string of the molecule is COc1ccc(C(NCC(=O)N2CCN(C(=O)Nc3ccccc3)CC2)C(C)C)cc1. The smallest absolute Gasteiger partial charge is 0.321 e. The van der Waals surface area contributed by atoms with Crippen LogP contribution in [0.1, 0.15) is 25.5 Å². The lowest BCUT2D eigenvalue weighted by Gasteiger charge is -2.35. The van der Waals surface area contributed by atoms with Crippen molar-refractivity contribution in [2.24, 2.45) is 5.92 Å². The van der Waals surface area contributed by atoms with E-state index in [4.69, 9.17) is 4.74 Å². The monoisotopic (exact) mass is 424 g/mol. The Morgan fingerprint density at radius 1 is 0.935 bits per heavy atom. The van der Waals surface area contributed by atoms with Gasteiger partial charge in [0.05, 0.1) is 13.7 Å². The minimum Gasteiger partial charge on any atom is -0.497 e. The van der Waals surface area contributed by atoms with Gasteiger partial charge in [-0.15, -0.1) is 0 Å². The molecule has 1 unspecified atom stereocenters. The number of piperazine rings is 1. The summed E-state index contributed by atoms with van der Waals surface area (Å²) in [7, 11) is 1.65. The number of rotatable bonds is 7. The quantitative estimate of drug-likeness (QED) is 0.715. The minimum atomic E-state index is -0.129. The summed E-state index contributed by atoms with van der Waals surface area (Å²) in [6.07, 6.45) is 0. The molecule has 0 spiro atoms. The van der Waals surface area contributed by atoms with Gasteiger partial charge >= 0.3 is 6.03 Å². The number of carbonyl (C=O) groups is 2. The van der Waals surface area contributed by atoms with Crippen LogP contribution in [0, 0.1) is 5.92 Å². The molecule has 1 aliphatic rings. The van der Waals surface area contributed by atoms with Gasteiger partial charge in [0.2, 0.25) is 5.91 Å². The van der Waals surface area contributed by atoms with Crippen molar-refractivity contribution >= 4 is 17.6 Å². The molecule has 0 aliphatic carbocycles. The number of amides is 3. The molecule has 2 aromatic carbocycles. The molecule has 3 rings (SSSR count). The molecule has 1 heterocycles. The van der Waals surface area contributed by atoms with Crippen LogP contribution in [0.5, 0.6) is 5.75 Å². The van der Waals surface area contributed by atoms with E-state index in [0.29, 0.717) is 32.1 Å². The van der Waals surface area contributed by atoms with Crippen molar-refractivity contribution in [3.05, 3.63) is 60.2 Å². The molecule has 1 atom stereocenters. The van der Waals surface area contributed by atoms with Crippen LogP contribution in [-0.2, 0) is 4.79 Å². The third-order valence-corrected chi connectivity index (χ3v) is 5.56. The summed E-state index contributed by atoms with van der Waals surface area (Å²) < 4.78 is 5.23. The van der Waals surface area contributed by atoms with Crippen LogP contribution in [0.4, 0.5) is 10.5 Å². The van der Waals surface area contributed by atoms with Gasteiger partial charge in [-0.3, -0.25) is 4.79 Å². The first-order chi connectivity index (χ1) is 15.0. The summed E-state index contributed by atoms with van der Waals surface area (Å²) in [5, 5.41) is 6.31. The van der Waals surface area contributed by atoms with E-state index in [-0.39, 0.29) is 24.5 Å². The molecule has 166 valence electrons. The number of hydrogen-bond acceptors (Lipinski definition) is 4. The summed E-state index contributed by atoms with van der Waals surface area (Å²) in [5.74, 6) is 1.21. The molecule has 1 saturated heterocycles. The zero-order valence-corrected chi connectivity index (χ0v) is 18.5. The molecule has 7 nitrogen and oxygen atoms in total. The van der Waals surface area contributed by atoms with E-state index in [1.807, 2.05) is 59.5 Å². The maximum Gasteiger partial charge on any atom is 0.321 e. The lowest BCUT2D eigenvalue weighted by Crippen LogP contribution is -2.53. The molecule has 0 aromatic heterocycles. The number of urea groups is 1. The lowest BCUT2D eigenvalue weighted by atomic mass is 9.96. The number of anilines is 1. The maximum absolute atomic E-state index is 12.7. The summed E-state index contributed by atoms with van der Waals surface area (Å²) >= 11 is 0. The number of nitrogens with zero attached hydrogens (tertiary/aromatic N) is 2. The first kappa shape index (κ1) is 22.6. The second kappa shape index (κ2) is 10.8. The average molecular weight is 425 g/mol. The Labute approximate surface area is 184 Å². The van der Waals surface area contributed by atoms with Crippen molar-refractivity contribution in [2.45, 2.75) is 19.9 Å². The van der Waals surface area contributed by atoms with Crippen LogP contribution >= 0.6 is 0 Å². The number of methoxy groups -OCH3 is 1. The number of carbonyl (C=O) groups excluding carboxylic acids is 2. The highest BCUT2D eigenvalue weighted by atomic mass is 16.5. The summed E-state index contributed by atoms with van der Waals surface area (Å²) in [5.41, 5.74) is 1.90. The van der Waals surface area contributed by atoms with Crippen molar-refractivity contribution in [3.63, 3.8) is 0 Å². The first-order valence-corrected chi connectivity index (χ1v) is 10.7. The van der Waals surface area contributed by atoms with Gasteiger partial charge in [0, 0.05) is 37.9 Å². The normalized spacial score (nSPS) is 15.0. The zero-order valence-electron chi connectivity index (χ0n) is 18.5. The summed E-state index contributed by atoms with van der Waals surface area (Å²) in [6, 6.07) is 17.3. The van der Waals surface area contributed by atoms with E-state index in [9.17, 15) is 9.59 Å². The van der Waals surface area contributed by atoms with E-state index < -0.39 is 0 Å². The highest BCUT2D eigenvalue weighted by Gasteiger charge is 2.25. The number of benzene rings is 2. The molecular weight excluding hydrogens is 392 g/mol. The van der Waals surface area contributed by atoms with Gasteiger partial charge in [0.15, 0.2) is 0 Å². The number of para-hydroxylation sites is 1.